The molecule has 0 radical (unpaired) electrons. The molecule has 32 heavy (non-hydrogen) atoms. The highest BCUT2D eigenvalue weighted by atomic mass is 35.5. The van der Waals surface area contributed by atoms with E-state index in [-0.39, 0.29) is 24.8 Å². The molecule has 0 aromatic heterocycles. The quantitative estimate of drug-likeness (QED) is 0.284. The lowest BCUT2D eigenvalue weighted by molar-refractivity contribution is 0.250. The van der Waals surface area contributed by atoms with E-state index < -0.39 is 0 Å². The van der Waals surface area contributed by atoms with Crippen LogP contribution in [-0.4, -0.2) is 13.1 Å². The van der Waals surface area contributed by atoms with Crippen molar-refractivity contribution >= 4 is 71.2 Å². The van der Waals surface area contributed by atoms with E-state index in [9.17, 15) is 0 Å². The Morgan fingerprint density at radius 1 is 0.625 bits per heavy atom. The zero-order chi connectivity index (χ0) is 21.3. The summed E-state index contributed by atoms with van der Waals surface area (Å²) in [4.78, 5) is 0. The Morgan fingerprint density at radius 3 is 1.38 bits per heavy atom. The summed E-state index contributed by atoms with van der Waals surface area (Å²) in [5.41, 5.74) is 2.14. The highest BCUT2D eigenvalue weighted by Crippen LogP contribution is 2.32. The molecular weight excluding hydrogens is 529 g/mol. The van der Waals surface area contributed by atoms with Gasteiger partial charge in [-0.15, -0.1) is 24.8 Å². The maximum absolute atomic E-state index is 6.25. The van der Waals surface area contributed by atoms with Gasteiger partial charge >= 0.3 is 0 Å². The monoisotopic (exact) mass is 558 g/mol. The van der Waals surface area contributed by atoms with Crippen LogP contribution in [0, 0.1) is 11.8 Å². The third-order valence-corrected chi connectivity index (χ3v) is 7.84. The minimum absolute atomic E-state index is 0. The van der Waals surface area contributed by atoms with Crippen LogP contribution in [0.25, 0.3) is 0 Å². The summed E-state index contributed by atoms with van der Waals surface area (Å²) in [7, 11) is 0. The van der Waals surface area contributed by atoms with E-state index in [0.29, 0.717) is 20.1 Å². The van der Waals surface area contributed by atoms with Crippen molar-refractivity contribution in [1.82, 2.24) is 10.6 Å². The number of halogens is 6. The molecule has 2 aromatic carbocycles. The fraction of sp³-hybridized carbons (Fsp3) is 0.500. The van der Waals surface area contributed by atoms with Gasteiger partial charge < -0.3 is 10.6 Å². The first kappa shape index (κ1) is 30.1. The first-order valence-electron chi connectivity index (χ1n) is 10.8. The van der Waals surface area contributed by atoms with Gasteiger partial charge in [-0.1, -0.05) is 96.4 Å². The summed E-state index contributed by atoms with van der Waals surface area (Å²) < 4.78 is 0. The van der Waals surface area contributed by atoms with E-state index in [1.807, 2.05) is 36.4 Å². The minimum atomic E-state index is 0. The fourth-order valence-corrected chi connectivity index (χ4v) is 5.01. The number of rotatable bonds is 10. The van der Waals surface area contributed by atoms with Crippen LogP contribution in [0.1, 0.15) is 49.7 Å². The van der Waals surface area contributed by atoms with Gasteiger partial charge in [0.25, 0.3) is 0 Å². The lowest BCUT2D eigenvalue weighted by Gasteiger charge is -2.28. The molecule has 3 rings (SSSR count). The number of nitrogens with one attached hydrogen (secondary N) is 2. The Balaban J connectivity index is 0.00000256. The predicted octanol–water partition coefficient (Wildman–Crippen LogP) is 8.61. The standard InChI is InChI=1S/C24H30Cl4N2.2ClH/c25-21-5-1-3-19(23(21)27)15-29-13-11-17-7-9-18(10-8-17)12-14-30-16-20-4-2-6-22(26)24(20)28;;/h1-6,17-18,29-30H,7-16H2;2*1H. The first-order valence-corrected chi connectivity index (χ1v) is 12.3. The van der Waals surface area contributed by atoms with Crippen LogP contribution >= 0.6 is 71.2 Å². The zero-order valence-corrected chi connectivity index (χ0v) is 22.7. The summed E-state index contributed by atoms with van der Waals surface area (Å²) in [6.45, 7) is 3.61. The predicted molar refractivity (Wildman–Crippen MR) is 146 cm³/mol. The van der Waals surface area contributed by atoms with Gasteiger partial charge in [0.05, 0.1) is 20.1 Å². The number of hydrogen-bond acceptors (Lipinski definition) is 2. The van der Waals surface area contributed by atoms with Crippen LogP contribution in [0.5, 0.6) is 0 Å². The molecule has 0 saturated heterocycles. The number of benzene rings is 2. The van der Waals surface area contributed by atoms with Crippen molar-refractivity contribution in [3.05, 3.63) is 67.6 Å². The molecule has 1 saturated carbocycles. The summed E-state index contributed by atoms with van der Waals surface area (Å²) in [5.74, 6) is 1.67. The molecule has 2 nitrogen and oxygen atoms in total. The average Bonchev–Trinajstić information content (AvgIpc) is 2.75. The molecule has 0 atom stereocenters. The number of hydrogen-bond donors (Lipinski definition) is 2. The van der Waals surface area contributed by atoms with E-state index in [4.69, 9.17) is 46.4 Å². The molecule has 8 heteroatoms. The van der Waals surface area contributed by atoms with E-state index >= 15 is 0 Å². The summed E-state index contributed by atoms with van der Waals surface area (Å²) in [6.07, 6.45) is 7.82. The highest BCUT2D eigenvalue weighted by Gasteiger charge is 2.20. The summed E-state index contributed by atoms with van der Waals surface area (Å²) in [5, 5.41) is 9.62. The van der Waals surface area contributed by atoms with Gasteiger partial charge in [0.2, 0.25) is 0 Å². The Morgan fingerprint density at radius 2 is 1.00 bits per heavy atom. The molecule has 2 N–H and O–H groups in total. The van der Waals surface area contributed by atoms with Crippen LogP contribution in [0.3, 0.4) is 0 Å². The third kappa shape index (κ3) is 9.39. The van der Waals surface area contributed by atoms with E-state index in [1.54, 1.807) is 0 Å². The largest absolute Gasteiger partial charge is 0.313 e. The molecule has 0 unspecified atom stereocenters. The van der Waals surface area contributed by atoms with Crippen molar-refractivity contribution in [2.24, 2.45) is 11.8 Å². The Kier molecular flexibility index (Phi) is 15.0. The molecule has 2 aromatic rings. The lowest BCUT2D eigenvalue weighted by atomic mass is 9.79. The maximum atomic E-state index is 6.25. The smallest absolute Gasteiger partial charge is 0.0637 e. The molecule has 1 fully saturated rings. The van der Waals surface area contributed by atoms with Crippen molar-refractivity contribution < 1.29 is 0 Å². The van der Waals surface area contributed by atoms with Crippen LogP contribution in [0.4, 0.5) is 0 Å². The Bertz CT molecular complexity index is 742. The molecule has 0 heterocycles. The molecule has 0 amide bonds. The molecule has 180 valence electrons. The fourth-order valence-electron chi connectivity index (χ4n) is 4.24. The summed E-state index contributed by atoms with van der Waals surface area (Å²) in [6, 6.07) is 11.6. The molecule has 0 aliphatic heterocycles. The van der Waals surface area contributed by atoms with Crippen molar-refractivity contribution in [3.63, 3.8) is 0 Å². The lowest BCUT2D eigenvalue weighted by Crippen LogP contribution is -2.23. The topological polar surface area (TPSA) is 24.1 Å². The molecule has 0 spiro atoms. The molecule has 1 aliphatic carbocycles. The third-order valence-electron chi connectivity index (χ3n) is 6.12. The molecule has 1 aliphatic rings. The van der Waals surface area contributed by atoms with Crippen molar-refractivity contribution in [1.29, 1.82) is 0 Å². The Hall–Kier alpha value is 0.1000. The van der Waals surface area contributed by atoms with Gasteiger partial charge in [0.1, 0.15) is 0 Å². The van der Waals surface area contributed by atoms with Gasteiger partial charge in [0, 0.05) is 13.1 Å². The second-order valence-corrected chi connectivity index (χ2v) is 9.81. The zero-order valence-electron chi connectivity index (χ0n) is 18.0. The van der Waals surface area contributed by atoms with Gasteiger partial charge in [-0.2, -0.15) is 0 Å². The molecular formula is C24H32Cl6N2. The Labute approximate surface area is 224 Å². The normalized spacial score (nSPS) is 18.0. The van der Waals surface area contributed by atoms with Crippen molar-refractivity contribution in [3.8, 4) is 0 Å². The van der Waals surface area contributed by atoms with Crippen LogP contribution in [0.15, 0.2) is 36.4 Å². The second kappa shape index (κ2) is 15.9. The second-order valence-electron chi connectivity index (χ2n) is 8.24. The van der Waals surface area contributed by atoms with Gasteiger partial charge in [-0.3, -0.25) is 0 Å². The first-order chi connectivity index (χ1) is 14.5. The summed E-state index contributed by atoms with van der Waals surface area (Å²) >= 11 is 24.7. The van der Waals surface area contributed by atoms with E-state index in [0.717, 1.165) is 49.1 Å². The van der Waals surface area contributed by atoms with Gasteiger partial charge in [-0.25, -0.2) is 0 Å². The maximum Gasteiger partial charge on any atom is 0.0637 e. The van der Waals surface area contributed by atoms with Crippen LogP contribution in [0.2, 0.25) is 20.1 Å². The van der Waals surface area contributed by atoms with Crippen molar-refractivity contribution in [2.45, 2.75) is 51.6 Å². The van der Waals surface area contributed by atoms with E-state index in [2.05, 4.69) is 10.6 Å². The van der Waals surface area contributed by atoms with Crippen molar-refractivity contribution in [2.75, 3.05) is 13.1 Å². The van der Waals surface area contributed by atoms with Crippen LogP contribution in [-0.2, 0) is 13.1 Å². The minimum Gasteiger partial charge on any atom is -0.313 e. The average molecular weight is 561 g/mol. The van der Waals surface area contributed by atoms with Gasteiger partial charge in [0.15, 0.2) is 0 Å². The van der Waals surface area contributed by atoms with Gasteiger partial charge in [-0.05, 0) is 61.0 Å². The highest BCUT2D eigenvalue weighted by molar-refractivity contribution is 6.42. The van der Waals surface area contributed by atoms with Crippen LogP contribution < -0.4 is 10.6 Å². The van der Waals surface area contributed by atoms with E-state index in [1.165, 1.54) is 38.5 Å². The molecule has 0 bridgehead atoms. The SMILES string of the molecule is Cl.Cl.Clc1cccc(CNCCC2CCC(CCNCc3cccc(Cl)c3Cl)CC2)c1Cl.